The summed E-state index contributed by atoms with van der Waals surface area (Å²) >= 11 is 5.67. The van der Waals surface area contributed by atoms with Crippen LogP contribution in [0, 0.1) is 15.4 Å². The highest BCUT2D eigenvalue weighted by molar-refractivity contribution is 14.1. The molecule has 0 radical (unpaired) electrons. The second kappa shape index (κ2) is 5.90. The number of carbonyl (C=O) groups excluding carboxylic acids is 1. The quantitative estimate of drug-likeness (QED) is 0.711. The lowest BCUT2D eigenvalue weighted by Gasteiger charge is -2.20. The molecule has 1 aliphatic rings. The second-order valence-corrected chi connectivity index (χ2v) is 7.22. The Hall–Kier alpha value is -0.100. The van der Waals surface area contributed by atoms with E-state index in [0.717, 1.165) is 20.0 Å². The number of amides is 1. The maximum absolute atomic E-state index is 12.3. The van der Waals surface area contributed by atoms with Crippen LogP contribution in [0.15, 0.2) is 22.7 Å². The first-order valence-electron chi connectivity index (χ1n) is 6.25. The molecule has 1 N–H and O–H groups in total. The summed E-state index contributed by atoms with van der Waals surface area (Å²) in [6, 6.07) is 6.15. The molecule has 1 aromatic rings. The summed E-state index contributed by atoms with van der Waals surface area (Å²) in [5, 5.41) is 3.17. The standard InChI is InChI=1S/C14H17BrINO/c1-8-3-6-13(9(8)2)17-14(18)11-7-10(16)4-5-12(11)15/h4-5,7-9,13H,3,6H2,1-2H3,(H,17,18). The van der Waals surface area contributed by atoms with Crippen LogP contribution in [0.1, 0.15) is 37.0 Å². The molecule has 3 atom stereocenters. The van der Waals surface area contributed by atoms with Crippen molar-refractivity contribution in [2.24, 2.45) is 11.8 Å². The normalized spacial score (nSPS) is 27.2. The van der Waals surface area contributed by atoms with Crippen molar-refractivity contribution >= 4 is 44.4 Å². The minimum atomic E-state index is 0.0336. The van der Waals surface area contributed by atoms with Gasteiger partial charge in [-0.3, -0.25) is 4.79 Å². The van der Waals surface area contributed by atoms with Gasteiger partial charge in [0.2, 0.25) is 0 Å². The van der Waals surface area contributed by atoms with Gasteiger partial charge in [0.25, 0.3) is 5.91 Å². The average molecular weight is 422 g/mol. The Morgan fingerprint density at radius 2 is 2.11 bits per heavy atom. The summed E-state index contributed by atoms with van der Waals surface area (Å²) in [5.41, 5.74) is 0.730. The number of benzene rings is 1. The third-order valence-electron chi connectivity index (χ3n) is 3.95. The Balaban J connectivity index is 2.10. The summed E-state index contributed by atoms with van der Waals surface area (Å²) < 4.78 is 1.94. The summed E-state index contributed by atoms with van der Waals surface area (Å²) in [6.07, 6.45) is 2.30. The van der Waals surface area contributed by atoms with E-state index in [1.807, 2.05) is 18.2 Å². The Bertz CT molecular complexity index is 463. The fourth-order valence-corrected chi connectivity index (χ4v) is 3.40. The summed E-state index contributed by atoms with van der Waals surface area (Å²) in [5.74, 6) is 1.30. The number of hydrogen-bond donors (Lipinski definition) is 1. The van der Waals surface area contributed by atoms with E-state index < -0.39 is 0 Å². The van der Waals surface area contributed by atoms with Crippen LogP contribution in [-0.2, 0) is 0 Å². The first-order chi connectivity index (χ1) is 8.49. The summed E-state index contributed by atoms with van der Waals surface area (Å²) in [6.45, 7) is 4.49. The molecular formula is C14H17BrINO. The highest BCUT2D eigenvalue weighted by Crippen LogP contribution is 2.31. The van der Waals surface area contributed by atoms with Gasteiger partial charge in [-0.1, -0.05) is 13.8 Å². The molecule has 0 aliphatic heterocycles. The topological polar surface area (TPSA) is 29.1 Å². The predicted molar refractivity (Wildman–Crippen MR) is 85.7 cm³/mol. The zero-order valence-electron chi connectivity index (χ0n) is 10.5. The maximum atomic E-state index is 12.3. The molecule has 4 heteroatoms. The van der Waals surface area contributed by atoms with Crippen molar-refractivity contribution < 1.29 is 4.79 Å². The molecule has 18 heavy (non-hydrogen) atoms. The zero-order valence-corrected chi connectivity index (χ0v) is 14.3. The monoisotopic (exact) mass is 421 g/mol. The molecule has 0 bridgehead atoms. The number of rotatable bonds is 2. The minimum absolute atomic E-state index is 0.0336. The molecule has 2 rings (SSSR count). The van der Waals surface area contributed by atoms with E-state index >= 15 is 0 Å². The maximum Gasteiger partial charge on any atom is 0.252 e. The Morgan fingerprint density at radius 1 is 1.39 bits per heavy atom. The minimum Gasteiger partial charge on any atom is -0.349 e. The molecule has 1 aromatic carbocycles. The van der Waals surface area contributed by atoms with Crippen LogP contribution in [0.2, 0.25) is 0 Å². The van der Waals surface area contributed by atoms with Crippen LogP contribution in [0.4, 0.5) is 0 Å². The molecule has 0 saturated heterocycles. The van der Waals surface area contributed by atoms with Crippen LogP contribution < -0.4 is 5.32 Å². The van der Waals surface area contributed by atoms with Crippen LogP contribution in [0.5, 0.6) is 0 Å². The van der Waals surface area contributed by atoms with Crippen LogP contribution in [0.3, 0.4) is 0 Å². The van der Waals surface area contributed by atoms with Crippen LogP contribution in [0.25, 0.3) is 0 Å². The summed E-state index contributed by atoms with van der Waals surface area (Å²) in [4.78, 5) is 12.3. The molecule has 1 fully saturated rings. The molecule has 1 aliphatic carbocycles. The molecule has 2 nitrogen and oxygen atoms in total. The lowest BCUT2D eigenvalue weighted by atomic mass is 9.97. The molecule has 0 aromatic heterocycles. The van der Waals surface area contributed by atoms with Gasteiger partial charge < -0.3 is 5.32 Å². The first kappa shape index (κ1) is 14.3. The smallest absolute Gasteiger partial charge is 0.252 e. The molecule has 98 valence electrons. The Morgan fingerprint density at radius 3 is 2.72 bits per heavy atom. The van der Waals surface area contributed by atoms with E-state index in [2.05, 4.69) is 57.7 Å². The summed E-state index contributed by atoms with van der Waals surface area (Å²) in [7, 11) is 0. The predicted octanol–water partition coefficient (Wildman–Crippen LogP) is 4.22. The van der Waals surface area contributed by atoms with Crippen molar-refractivity contribution in [2.45, 2.75) is 32.7 Å². The molecule has 0 heterocycles. The molecule has 3 unspecified atom stereocenters. The fraction of sp³-hybridized carbons (Fsp3) is 0.500. The van der Waals surface area contributed by atoms with Crippen LogP contribution in [-0.4, -0.2) is 11.9 Å². The fourth-order valence-electron chi connectivity index (χ4n) is 2.49. The first-order valence-corrected chi connectivity index (χ1v) is 8.12. The van der Waals surface area contributed by atoms with E-state index in [4.69, 9.17) is 0 Å². The largest absolute Gasteiger partial charge is 0.349 e. The average Bonchev–Trinajstić information content (AvgIpc) is 2.64. The zero-order chi connectivity index (χ0) is 13.3. The van der Waals surface area contributed by atoms with E-state index in [0.29, 0.717) is 17.9 Å². The van der Waals surface area contributed by atoms with Gasteiger partial charge in [-0.25, -0.2) is 0 Å². The highest BCUT2D eigenvalue weighted by atomic mass is 127. The molecule has 0 spiro atoms. The van der Waals surface area contributed by atoms with Crippen molar-refractivity contribution in [1.82, 2.24) is 5.32 Å². The van der Waals surface area contributed by atoms with Gasteiger partial charge in [0.05, 0.1) is 5.56 Å². The SMILES string of the molecule is CC1CCC(NC(=O)c2cc(I)ccc2Br)C1C. The molecule has 1 amide bonds. The third-order valence-corrected chi connectivity index (χ3v) is 5.32. The van der Waals surface area contributed by atoms with E-state index in [1.54, 1.807) is 0 Å². The molecule has 1 saturated carbocycles. The van der Waals surface area contributed by atoms with Gasteiger partial charge in [0, 0.05) is 14.1 Å². The van der Waals surface area contributed by atoms with Crippen molar-refractivity contribution in [3.8, 4) is 0 Å². The molecular weight excluding hydrogens is 405 g/mol. The Kier molecular flexibility index (Phi) is 4.69. The van der Waals surface area contributed by atoms with Crippen molar-refractivity contribution in [2.75, 3.05) is 0 Å². The van der Waals surface area contributed by atoms with Crippen molar-refractivity contribution in [3.63, 3.8) is 0 Å². The number of halogens is 2. The lowest BCUT2D eigenvalue weighted by Crippen LogP contribution is -2.37. The van der Waals surface area contributed by atoms with Crippen molar-refractivity contribution in [3.05, 3.63) is 31.8 Å². The Labute approximate surface area is 130 Å². The van der Waals surface area contributed by atoms with E-state index in [1.165, 1.54) is 6.42 Å². The van der Waals surface area contributed by atoms with Gasteiger partial charge in [0.1, 0.15) is 0 Å². The van der Waals surface area contributed by atoms with Gasteiger partial charge in [-0.05, 0) is 81.4 Å². The van der Waals surface area contributed by atoms with E-state index in [9.17, 15) is 4.79 Å². The number of nitrogens with one attached hydrogen (secondary N) is 1. The number of hydrogen-bond acceptors (Lipinski definition) is 1. The number of carbonyl (C=O) groups is 1. The van der Waals surface area contributed by atoms with Gasteiger partial charge >= 0.3 is 0 Å². The van der Waals surface area contributed by atoms with Crippen LogP contribution >= 0.6 is 38.5 Å². The van der Waals surface area contributed by atoms with E-state index in [-0.39, 0.29) is 5.91 Å². The van der Waals surface area contributed by atoms with Crippen molar-refractivity contribution in [1.29, 1.82) is 0 Å². The van der Waals surface area contributed by atoms with Gasteiger partial charge in [0.15, 0.2) is 0 Å². The van der Waals surface area contributed by atoms with Gasteiger partial charge in [-0.2, -0.15) is 0 Å². The lowest BCUT2D eigenvalue weighted by molar-refractivity contribution is 0.0926. The third kappa shape index (κ3) is 3.07. The van der Waals surface area contributed by atoms with Gasteiger partial charge in [-0.15, -0.1) is 0 Å². The second-order valence-electron chi connectivity index (χ2n) is 5.12. The highest BCUT2D eigenvalue weighted by Gasteiger charge is 2.31.